The molecule has 1 heterocycles. The first-order valence-corrected chi connectivity index (χ1v) is 7.02. The molecule has 0 amide bonds. The van der Waals surface area contributed by atoms with Crippen molar-refractivity contribution in [3.05, 3.63) is 11.4 Å². The molecule has 0 aliphatic heterocycles. The summed E-state index contributed by atoms with van der Waals surface area (Å²) in [6.07, 6.45) is 0.386. The van der Waals surface area contributed by atoms with E-state index in [1.165, 1.54) is 0 Å². The Morgan fingerprint density at radius 2 is 2.11 bits per heavy atom. The van der Waals surface area contributed by atoms with Gasteiger partial charge in [-0.1, -0.05) is 6.92 Å². The lowest BCUT2D eigenvalue weighted by Crippen LogP contribution is -2.54. The predicted molar refractivity (Wildman–Crippen MR) is 69.0 cm³/mol. The molecule has 8 heteroatoms. The molecule has 0 spiro atoms. The number of nitrogens with zero attached hydrogens (tertiary/aromatic N) is 1. The van der Waals surface area contributed by atoms with Gasteiger partial charge in [-0.15, -0.1) is 0 Å². The fraction of sp³-hybridized carbons (Fsp3) is 0.600. The summed E-state index contributed by atoms with van der Waals surface area (Å²) in [7, 11) is -3.76. The van der Waals surface area contributed by atoms with Crippen LogP contribution in [0.4, 0.5) is 0 Å². The van der Waals surface area contributed by atoms with Crippen molar-refractivity contribution in [1.29, 1.82) is 5.41 Å². The molecule has 0 saturated heterocycles. The molecule has 1 unspecified atom stereocenters. The van der Waals surface area contributed by atoms with E-state index in [0.29, 0.717) is 17.8 Å². The van der Waals surface area contributed by atoms with Gasteiger partial charge in [-0.3, -0.25) is 10.5 Å². The standard InChI is InChI=1S/C10H19N5O2S/c1-5-10(4,9(11)12)15-18(16,17)8-6(2)13-14-7(8)3/h15H,5H2,1-4H3,(H3,11,12)(H,13,14). The molecule has 1 rings (SSSR count). The van der Waals surface area contributed by atoms with Gasteiger partial charge in [-0.25, -0.2) is 8.42 Å². The fourth-order valence-electron chi connectivity index (χ4n) is 1.60. The molecule has 1 aromatic heterocycles. The zero-order valence-corrected chi connectivity index (χ0v) is 11.8. The van der Waals surface area contributed by atoms with Crippen molar-refractivity contribution in [2.45, 2.75) is 44.6 Å². The third-order valence-electron chi connectivity index (χ3n) is 2.99. The fourth-order valence-corrected chi connectivity index (χ4v) is 3.43. The van der Waals surface area contributed by atoms with E-state index in [0.717, 1.165) is 0 Å². The van der Waals surface area contributed by atoms with Crippen LogP contribution in [0.15, 0.2) is 4.90 Å². The molecule has 0 radical (unpaired) electrons. The number of H-pyrrole nitrogens is 1. The molecule has 7 nitrogen and oxygen atoms in total. The highest BCUT2D eigenvalue weighted by Crippen LogP contribution is 2.20. The molecule has 18 heavy (non-hydrogen) atoms. The van der Waals surface area contributed by atoms with E-state index in [2.05, 4.69) is 14.9 Å². The van der Waals surface area contributed by atoms with Gasteiger partial charge in [-0.2, -0.15) is 9.82 Å². The van der Waals surface area contributed by atoms with Gasteiger partial charge in [0.05, 0.1) is 16.9 Å². The molecular weight excluding hydrogens is 254 g/mol. The Hall–Kier alpha value is -1.41. The van der Waals surface area contributed by atoms with Crippen molar-refractivity contribution in [2.75, 3.05) is 0 Å². The molecule has 0 aromatic carbocycles. The molecule has 1 aromatic rings. The summed E-state index contributed by atoms with van der Waals surface area (Å²) < 4.78 is 27.0. The lowest BCUT2D eigenvalue weighted by molar-refractivity contribution is 0.504. The predicted octanol–water partition coefficient (Wildman–Crippen LogP) is 0.410. The quantitative estimate of drug-likeness (QED) is 0.458. The summed E-state index contributed by atoms with van der Waals surface area (Å²) >= 11 is 0. The first-order valence-electron chi connectivity index (χ1n) is 5.54. The second kappa shape index (κ2) is 4.69. The van der Waals surface area contributed by atoms with Crippen LogP contribution in [0.1, 0.15) is 31.7 Å². The van der Waals surface area contributed by atoms with E-state index in [-0.39, 0.29) is 10.7 Å². The van der Waals surface area contributed by atoms with Crippen LogP contribution in [0.5, 0.6) is 0 Å². The third kappa shape index (κ3) is 2.54. The number of amidine groups is 1. The first-order chi connectivity index (χ1) is 8.14. The number of hydrogen-bond donors (Lipinski definition) is 4. The smallest absolute Gasteiger partial charge is 0.245 e. The van der Waals surface area contributed by atoms with Crippen LogP contribution in [0.3, 0.4) is 0 Å². The minimum absolute atomic E-state index is 0.114. The van der Waals surface area contributed by atoms with Crippen molar-refractivity contribution in [2.24, 2.45) is 5.73 Å². The van der Waals surface area contributed by atoms with Crippen molar-refractivity contribution in [1.82, 2.24) is 14.9 Å². The zero-order chi connectivity index (χ0) is 14.1. The number of nitrogens with one attached hydrogen (secondary N) is 3. The Balaban J connectivity index is 3.22. The number of aromatic nitrogens is 2. The number of sulfonamides is 1. The van der Waals surface area contributed by atoms with Crippen LogP contribution in [-0.4, -0.2) is 30.0 Å². The van der Waals surface area contributed by atoms with Crippen LogP contribution in [0, 0.1) is 19.3 Å². The van der Waals surface area contributed by atoms with Gasteiger partial charge in [0.15, 0.2) is 0 Å². The van der Waals surface area contributed by atoms with E-state index in [9.17, 15) is 8.42 Å². The van der Waals surface area contributed by atoms with Crippen molar-refractivity contribution >= 4 is 15.9 Å². The van der Waals surface area contributed by atoms with Crippen LogP contribution < -0.4 is 10.5 Å². The summed E-state index contributed by atoms with van der Waals surface area (Å²) in [6.45, 7) is 6.58. The van der Waals surface area contributed by atoms with E-state index in [1.54, 1.807) is 27.7 Å². The molecule has 102 valence electrons. The maximum Gasteiger partial charge on any atom is 0.245 e. The highest BCUT2D eigenvalue weighted by atomic mass is 32.2. The van der Waals surface area contributed by atoms with Crippen LogP contribution in [0.25, 0.3) is 0 Å². The minimum Gasteiger partial charge on any atom is -0.386 e. The van der Waals surface area contributed by atoms with Crippen molar-refractivity contribution < 1.29 is 8.42 Å². The second-order valence-corrected chi connectivity index (χ2v) is 6.09. The van der Waals surface area contributed by atoms with Gasteiger partial charge >= 0.3 is 0 Å². The number of aryl methyl sites for hydroxylation is 2. The SMILES string of the molecule is CCC(C)(NS(=O)(=O)c1c(C)n[nH]c1C)C(=N)N. The van der Waals surface area contributed by atoms with Crippen LogP contribution in [0.2, 0.25) is 0 Å². The molecular formula is C10H19N5O2S. The molecule has 0 fully saturated rings. The molecule has 0 aliphatic rings. The van der Waals surface area contributed by atoms with Crippen molar-refractivity contribution in [3.8, 4) is 0 Å². The maximum atomic E-state index is 12.3. The lowest BCUT2D eigenvalue weighted by Gasteiger charge is -2.27. The Morgan fingerprint density at radius 1 is 1.56 bits per heavy atom. The molecule has 0 aliphatic carbocycles. The van der Waals surface area contributed by atoms with E-state index < -0.39 is 15.6 Å². The summed E-state index contributed by atoms with van der Waals surface area (Å²) in [6, 6.07) is 0. The van der Waals surface area contributed by atoms with Gasteiger partial charge in [-0.05, 0) is 27.2 Å². The first kappa shape index (κ1) is 14.7. The third-order valence-corrected chi connectivity index (χ3v) is 4.85. The second-order valence-electron chi connectivity index (χ2n) is 4.47. The van der Waals surface area contributed by atoms with Gasteiger partial charge in [0, 0.05) is 0 Å². The topological polar surface area (TPSA) is 125 Å². The number of hydrogen-bond acceptors (Lipinski definition) is 4. The monoisotopic (exact) mass is 273 g/mol. The van der Waals surface area contributed by atoms with Crippen LogP contribution in [-0.2, 0) is 10.0 Å². The molecule has 0 bridgehead atoms. The molecule has 0 saturated carbocycles. The van der Waals surface area contributed by atoms with Gasteiger partial charge in [0.25, 0.3) is 0 Å². The summed E-state index contributed by atoms with van der Waals surface area (Å²) in [5.74, 6) is -0.215. The summed E-state index contributed by atoms with van der Waals surface area (Å²) in [5, 5.41) is 14.0. The number of nitrogens with two attached hydrogens (primary N) is 1. The Labute approximate surface area is 107 Å². The zero-order valence-electron chi connectivity index (χ0n) is 11.0. The average molecular weight is 273 g/mol. The number of rotatable bonds is 5. The normalized spacial score (nSPS) is 15.3. The van der Waals surface area contributed by atoms with Crippen molar-refractivity contribution in [3.63, 3.8) is 0 Å². The average Bonchev–Trinajstić information content (AvgIpc) is 2.57. The Morgan fingerprint density at radius 3 is 2.44 bits per heavy atom. The van der Waals surface area contributed by atoms with Gasteiger partial charge in [0.1, 0.15) is 10.7 Å². The van der Waals surface area contributed by atoms with E-state index in [1.807, 2.05) is 0 Å². The van der Waals surface area contributed by atoms with E-state index in [4.69, 9.17) is 11.1 Å². The minimum atomic E-state index is -3.76. The van der Waals surface area contributed by atoms with E-state index >= 15 is 0 Å². The Kier molecular flexibility index (Phi) is 3.82. The maximum absolute atomic E-state index is 12.3. The molecule has 1 atom stereocenters. The molecule has 5 N–H and O–H groups in total. The Bertz CT molecular complexity index is 543. The summed E-state index contributed by atoms with van der Waals surface area (Å²) in [4.78, 5) is 0.114. The lowest BCUT2D eigenvalue weighted by atomic mass is 10.00. The van der Waals surface area contributed by atoms with Crippen LogP contribution >= 0.6 is 0 Å². The highest BCUT2D eigenvalue weighted by molar-refractivity contribution is 7.89. The summed E-state index contributed by atoms with van der Waals surface area (Å²) in [5.41, 5.74) is 5.21. The van der Waals surface area contributed by atoms with Gasteiger partial charge in [0.2, 0.25) is 10.0 Å². The number of aromatic amines is 1. The van der Waals surface area contributed by atoms with Gasteiger partial charge < -0.3 is 5.73 Å². The highest BCUT2D eigenvalue weighted by Gasteiger charge is 2.34. The largest absolute Gasteiger partial charge is 0.386 e.